The van der Waals surface area contributed by atoms with Crippen LogP contribution < -0.4 is 5.73 Å². The summed E-state index contributed by atoms with van der Waals surface area (Å²) in [5.41, 5.74) is 5.56. The van der Waals surface area contributed by atoms with E-state index < -0.39 is 12.0 Å². The van der Waals surface area contributed by atoms with E-state index in [1.54, 1.807) is 0 Å². The predicted molar refractivity (Wildman–Crippen MR) is 49.3 cm³/mol. The average molecular weight is 187 g/mol. The van der Waals surface area contributed by atoms with E-state index in [0.29, 0.717) is 12.3 Å². The van der Waals surface area contributed by atoms with E-state index in [2.05, 4.69) is 0 Å². The number of hydrogen-bond donors (Lipinski definition) is 2. The minimum atomic E-state index is -0.954. The number of carboxylic acids is 1. The van der Waals surface area contributed by atoms with E-state index in [0.717, 1.165) is 0 Å². The molecular formula is C9H17NO3. The van der Waals surface area contributed by atoms with Gasteiger partial charge in [-0.05, 0) is 12.3 Å². The van der Waals surface area contributed by atoms with Crippen molar-refractivity contribution < 1.29 is 14.7 Å². The van der Waals surface area contributed by atoms with Crippen molar-refractivity contribution >= 4 is 11.8 Å². The zero-order valence-electron chi connectivity index (χ0n) is 8.12. The molecule has 0 aromatic heterocycles. The summed E-state index contributed by atoms with van der Waals surface area (Å²) in [7, 11) is 0. The van der Waals surface area contributed by atoms with Crippen LogP contribution in [0.25, 0.3) is 0 Å². The highest BCUT2D eigenvalue weighted by atomic mass is 16.4. The van der Waals surface area contributed by atoms with Crippen molar-refractivity contribution in [2.75, 3.05) is 0 Å². The second kappa shape index (κ2) is 5.70. The SMILES string of the molecule is CC(C)CC(N)C(=O)CCC(=O)O. The van der Waals surface area contributed by atoms with E-state index >= 15 is 0 Å². The molecule has 0 aliphatic rings. The third-order valence-corrected chi connectivity index (χ3v) is 1.72. The highest BCUT2D eigenvalue weighted by Gasteiger charge is 2.15. The molecule has 0 aromatic carbocycles. The summed E-state index contributed by atoms with van der Waals surface area (Å²) >= 11 is 0. The van der Waals surface area contributed by atoms with Crippen molar-refractivity contribution in [2.45, 2.75) is 39.2 Å². The number of aliphatic carboxylic acids is 1. The first kappa shape index (κ1) is 12.1. The molecule has 0 aromatic rings. The fourth-order valence-electron chi connectivity index (χ4n) is 1.05. The van der Waals surface area contributed by atoms with E-state index in [1.807, 2.05) is 13.8 Å². The zero-order valence-corrected chi connectivity index (χ0v) is 8.12. The Hall–Kier alpha value is -0.900. The molecule has 0 amide bonds. The van der Waals surface area contributed by atoms with Gasteiger partial charge in [0.1, 0.15) is 5.78 Å². The van der Waals surface area contributed by atoms with Gasteiger partial charge in [0.25, 0.3) is 0 Å². The maximum atomic E-state index is 11.2. The van der Waals surface area contributed by atoms with Crippen LogP contribution in [0.1, 0.15) is 33.1 Å². The first-order valence-electron chi connectivity index (χ1n) is 4.43. The van der Waals surface area contributed by atoms with Crippen molar-refractivity contribution in [1.82, 2.24) is 0 Å². The van der Waals surface area contributed by atoms with Crippen molar-refractivity contribution in [2.24, 2.45) is 11.7 Å². The molecule has 0 fully saturated rings. The zero-order chi connectivity index (χ0) is 10.4. The van der Waals surface area contributed by atoms with Crippen LogP contribution in [0, 0.1) is 5.92 Å². The van der Waals surface area contributed by atoms with Crippen LogP contribution in [0.15, 0.2) is 0 Å². The third-order valence-electron chi connectivity index (χ3n) is 1.72. The standard InChI is InChI=1S/C9H17NO3/c1-6(2)5-7(10)8(11)3-4-9(12)13/h6-7H,3-5,10H2,1-2H3,(H,12,13). The Labute approximate surface area is 78.1 Å². The lowest BCUT2D eigenvalue weighted by atomic mass is 9.99. The molecule has 4 nitrogen and oxygen atoms in total. The van der Waals surface area contributed by atoms with Gasteiger partial charge in [0, 0.05) is 6.42 Å². The number of ketones is 1. The Morgan fingerprint density at radius 2 is 1.85 bits per heavy atom. The molecule has 0 saturated heterocycles. The molecule has 0 aliphatic carbocycles. The van der Waals surface area contributed by atoms with Gasteiger partial charge in [-0.25, -0.2) is 0 Å². The lowest BCUT2D eigenvalue weighted by Crippen LogP contribution is -2.32. The van der Waals surface area contributed by atoms with Gasteiger partial charge in [0.2, 0.25) is 0 Å². The summed E-state index contributed by atoms with van der Waals surface area (Å²) in [4.78, 5) is 21.4. The van der Waals surface area contributed by atoms with Gasteiger partial charge in [-0.2, -0.15) is 0 Å². The number of hydrogen-bond acceptors (Lipinski definition) is 3. The van der Waals surface area contributed by atoms with E-state index in [1.165, 1.54) is 0 Å². The van der Waals surface area contributed by atoms with Crippen molar-refractivity contribution in [1.29, 1.82) is 0 Å². The molecule has 0 spiro atoms. The minimum absolute atomic E-state index is 0.0449. The number of carboxylic acid groups (broad SMARTS) is 1. The minimum Gasteiger partial charge on any atom is -0.481 e. The maximum absolute atomic E-state index is 11.2. The second-order valence-electron chi connectivity index (χ2n) is 3.60. The number of nitrogens with two attached hydrogens (primary N) is 1. The molecule has 1 atom stereocenters. The fraction of sp³-hybridized carbons (Fsp3) is 0.778. The summed E-state index contributed by atoms with van der Waals surface area (Å²) in [6.45, 7) is 3.95. The second-order valence-corrected chi connectivity index (χ2v) is 3.60. The molecule has 0 radical (unpaired) electrons. The van der Waals surface area contributed by atoms with Crippen LogP contribution in [0.2, 0.25) is 0 Å². The maximum Gasteiger partial charge on any atom is 0.303 e. The number of carbonyl (C=O) groups excluding carboxylic acids is 1. The van der Waals surface area contributed by atoms with Crippen LogP contribution in [-0.4, -0.2) is 22.9 Å². The van der Waals surface area contributed by atoms with Crippen LogP contribution in [0.5, 0.6) is 0 Å². The van der Waals surface area contributed by atoms with Gasteiger partial charge < -0.3 is 10.8 Å². The summed E-state index contributed by atoms with van der Waals surface area (Å²) < 4.78 is 0. The normalized spacial score (nSPS) is 12.9. The molecule has 0 saturated carbocycles. The van der Waals surface area contributed by atoms with Gasteiger partial charge in [-0.3, -0.25) is 9.59 Å². The van der Waals surface area contributed by atoms with Crippen LogP contribution in [0.4, 0.5) is 0 Å². The lowest BCUT2D eigenvalue weighted by Gasteiger charge is -2.11. The summed E-state index contributed by atoms with van der Waals surface area (Å²) in [5.74, 6) is -0.745. The Bertz CT molecular complexity index is 189. The highest BCUT2D eigenvalue weighted by Crippen LogP contribution is 2.06. The van der Waals surface area contributed by atoms with Crippen molar-refractivity contribution in [3.05, 3.63) is 0 Å². The molecule has 0 bridgehead atoms. The van der Waals surface area contributed by atoms with Crippen molar-refractivity contribution in [3.63, 3.8) is 0 Å². The number of carbonyl (C=O) groups is 2. The van der Waals surface area contributed by atoms with E-state index in [9.17, 15) is 9.59 Å². The van der Waals surface area contributed by atoms with Crippen molar-refractivity contribution in [3.8, 4) is 0 Å². The Morgan fingerprint density at radius 3 is 2.23 bits per heavy atom. The average Bonchev–Trinajstić information content (AvgIpc) is 1.98. The largest absolute Gasteiger partial charge is 0.481 e. The summed E-state index contributed by atoms with van der Waals surface area (Å²) in [6, 6.07) is -0.501. The first-order valence-corrected chi connectivity index (χ1v) is 4.43. The molecule has 3 N–H and O–H groups in total. The molecule has 13 heavy (non-hydrogen) atoms. The lowest BCUT2D eigenvalue weighted by molar-refractivity contribution is -0.138. The quantitative estimate of drug-likeness (QED) is 0.644. The van der Waals surface area contributed by atoms with Gasteiger partial charge in [0.05, 0.1) is 12.5 Å². The number of Topliss-reactive ketones (excluding diaryl/α,β-unsaturated/α-hetero) is 1. The molecule has 1 unspecified atom stereocenters. The fourth-order valence-corrected chi connectivity index (χ4v) is 1.05. The summed E-state index contributed by atoms with van der Waals surface area (Å²) in [6.07, 6.45) is 0.548. The van der Waals surface area contributed by atoms with Gasteiger partial charge in [-0.1, -0.05) is 13.8 Å². The Balaban J connectivity index is 3.76. The van der Waals surface area contributed by atoms with Gasteiger partial charge >= 0.3 is 5.97 Å². The molecular weight excluding hydrogens is 170 g/mol. The van der Waals surface area contributed by atoms with Crippen LogP contribution in [-0.2, 0) is 9.59 Å². The predicted octanol–water partition coefficient (Wildman–Crippen LogP) is 0.794. The molecule has 4 heteroatoms. The molecule has 76 valence electrons. The monoisotopic (exact) mass is 187 g/mol. The Kier molecular flexibility index (Phi) is 5.30. The van der Waals surface area contributed by atoms with Crippen LogP contribution >= 0.6 is 0 Å². The van der Waals surface area contributed by atoms with Gasteiger partial charge in [0.15, 0.2) is 0 Å². The summed E-state index contributed by atoms with van der Waals surface area (Å²) in [5, 5.41) is 8.33. The molecule has 0 heterocycles. The number of rotatable bonds is 6. The molecule has 0 aliphatic heterocycles. The van der Waals surface area contributed by atoms with Crippen LogP contribution in [0.3, 0.4) is 0 Å². The smallest absolute Gasteiger partial charge is 0.303 e. The topological polar surface area (TPSA) is 80.4 Å². The van der Waals surface area contributed by atoms with Gasteiger partial charge in [-0.15, -0.1) is 0 Å². The van der Waals surface area contributed by atoms with E-state index in [4.69, 9.17) is 10.8 Å². The first-order chi connectivity index (χ1) is 5.93. The van der Waals surface area contributed by atoms with E-state index in [-0.39, 0.29) is 18.6 Å². The third kappa shape index (κ3) is 6.28. The Morgan fingerprint density at radius 1 is 1.31 bits per heavy atom. The molecule has 0 rings (SSSR count). The highest BCUT2D eigenvalue weighted by molar-refractivity contribution is 5.86.